The van der Waals surface area contributed by atoms with Gasteiger partial charge < -0.3 is 16.0 Å². The number of benzene rings is 1. The first kappa shape index (κ1) is 15.8. The van der Waals surface area contributed by atoms with Crippen LogP contribution in [0.4, 0.5) is 4.79 Å². The minimum absolute atomic E-state index is 0.0495. The van der Waals surface area contributed by atoms with Crippen molar-refractivity contribution in [3.63, 3.8) is 0 Å². The molecule has 1 aliphatic carbocycles. The van der Waals surface area contributed by atoms with E-state index in [1.54, 1.807) is 4.90 Å². The lowest BCUT2D eigenvalue weighted by molar-refractivity contribution is -0.127. The van der Waals surface area contributed by atoms with Gasteiger partial charge in [-0.3, -0.25) is 4.79 Å². The third kappa shape index (κ3) is 3.84. The van der Waals surface area contributed by atoms with Gasteiger partial charge in [0.05, 0.1) is 12.0 Å². The van der Waals surface area contributed by atoms with E-state index in [-0.39, 0.29) is 17.9 Å². The maximum Gasteiger partial charge on any atom is 0.314 e. The molecule has 3 amide bonds. The molecule has 1 heterocycles. The zero-order chi connectivity index (χ0) is 16.4. The average molecular weight is 315 g/mol. The summed E-state index contributed by atoms with van der Waals surface area (Å²) in [5.41, 5.74) is 7.75. The normalized spacial score (nSPS) is 22.5. The molecule has 0 radical (unpaired) electrons. The van der Waals surface area contributed by atoms with Gasteiger partial charge in [-0.1, -0.05) is 29.8 Å². The second-order valence-corrected chi connectivity index (χ2v) is 6.86. The summed E-state index contributed by atoms with van der Waals surface area (Å²) < 4.78 is 0. The molecule has 0 spiro atoms. The van der Waals surface area contributed by atoms with Gasteiger partial charge in [0.25, 0.3) is 0 Å². The molecule has 124 valence electrons. The fourth-order valence-corrected chi connectivity index (χ4v) is 3.34. The third-order valence-electron chi connectivity index (χ3n) is 4.93. The Labute approximate surface area is 137 Å². The molecule has 1 aromatic carbocycles. The number of aryl methyl sites for hydroxylation is 1. The van der Waals surface area contributed by atoms with Crippen molar-refractivity contribution in [2.24, 2.45) is 17.6 Å². The first-order valence-corrected chi connectivity index (χ1v) is 8.46. The topological polar surface area (TPSA) is 75.4 Å². The molecule has 1 aromatic rings. The first-order valence-electron chi connectivity index (χ1n) is 8.46. The SMILES string of the molecule is Cc1ccc([C@H](NC(=O)[C@@H]2CCCN(C(N)=O)C2)C2CC2)cc1. The summed E-state index contributed by atoms with van der Waals surface area (Å²) in [5.74, 6) is 0.439. The third-order valence-corrected chi connectivity index (χ3v) is 4.93. The second-order valence-electron chi connectivity index (χ2n) is 6.86. The number of rotatable bonds is 4. The van der Waals surface area contributed by atoms with E-state index in [1.165, 1.54) is 11.1 Å². The molecule has 5 heteroatoms. The van der Waals surface area contributed by atoms with Crippen LogP contribution in [0.5, 0.6) is 0 Å². The van der Waals surface area contributed by atoms with E-state index in [4.69, 9.17) is 5.73 Å². The van der Waals surface area contributed by atoms with Crippen LogP contribution in [-0.4, -0.2) is 29.9 Å². The number of nitrogens with two attached hydrogens (primary N) is 1. The van der Waals surface area contributed by atoms with Crippen LogP contribution in [-0.2, 0) is 4.79 Å². The summed E-state index contributed by atoms with van der Waals surface area (Å²) in [6.07, 6.45) is 3.98. The fourth-order valence-electron chi connectivity index (χ4n) is 3.34. The van der Waals surface area contributed by atoms with Crippen molar-refractivity contribution >= 4 is 11.9 Å². The van der Waals surface area contributed by atoms with E-state index in [2.05, 4.69) is 36.5 Å². The monoisotopic (exact) mass is 315 g/mol. The number of nitrogens with zero attached hydrogens (tertiary/aromatic N) is 1. The maximum atomic E-state index is 12.7. The van der Waals surface area contributed by atoms with Crippen molar-refractivity contribution in [3.05, 3.63) is 35.4 Å². The largest absolute Gasteiger partial charge is 0.351 e. The number of hydrogen-bond donors (Lipinski definition) is 2. The van der Waals surface area contributed by atoms with E-state index in [0.717, 1.165) is 25.7 Å². The minimum Gasteiger partial charge on any atom is -0.351 e. The molecule has 0 bridgehead atoms. The quantitative estimate of drug-likeness (QED) is 0.895. The van der Waals surface area contributed by atoms with Gasteiger partial charge in [-0.2, -0.15) is 0 Å². The standard InChI is InChI=1S/C18H25N3O2/c1-12-4-6-13(7-5-12)16(14-8-9-14)20-17(22)15-3-2-10-21(11-15)18(19)23/h4-7,14-16H,2-3,8-11H2,1H3,(H2,19,23)(H,20,22)/t15-,16+/m1/s1. The molecule has 2 aliphatic rings. The van der Waals surface area contributed by atoms with E-state index in [9.17, 15) is 9.59 Å². The first-order chi connectivity index (χ1) is 11.0. The molecule has 3 rings (SSSR count). The Bertz CT molecular complexity index is 580. The van der Waals surface area contributed by atoms with Gasteiger partial charge >= 0.3 is 6.03 Å². The summed E-state index contributed by atoms with van der Waals surface area (Å²) in [7, 11) is 0. The molecule has 3 N–H and O–H groups in total. The predicted molar refractivity (Wildman–Crippen MR) is 88.7 cm³/mol. The Morgan fingerprint density at radius 1 is 1.22 bits per heavy atom. The van der Waals surface area contributed by atoms with Gasteiger partial charge in [0.15, 0.2) is 0 Å². The highest BCUT2D eigenvalue weighted by Gasteiger charge is 2.35. The Hall–Kier alpha value is -2.04. The maximum absolute atomic E-state index is 12.7. The molecule has 2 fully saturated rings. The van der Waals surface area contributed by atoms with Gasteiger partial charge in [0.2, 0.25) is 5.91 Å². The van der Waals surface area contributed by atoms with Gasteiger partial charge in [-0.25, -0.2) is 4.79 Å². The van der Waals surface area contributed by atoms with Crippen LogP contribution in [0.15, 0.2) is 24.3 Å². The van der Waals surface area contributed by atoms with Crippen LogP contribution in [0.3, 0.4) is 0 Å². The van der Waals surface area contributed by atoms with E-state index < -0.39 is 6.03 Å². The highest BCUT2D eigenvalue weighted by Crippen LogP contribution is 2.41. The van der Waals surface area contributed by atoms with Crippen LogP contribution >= 0.6 is 0 Å². The number of hydrogen-bond acceptors (Lipinski definition) is 2. The van der Waals surface area contributed by atoms with Crippen LogP contribution in [0.2, 0.25) is 0 Å². The van der Waals surface area contributed by atoms with Crippen LogP contribution < -0.4 is 11.1 Å². The number of piperidine rings is 1. The van der Waals surface area contributed by atoms with Crippen molar-refractivity contribution in [3.8, 4) is 0 Å². The highest BCUT2D eigenvalue weighted by atomic mass is 16.2. The Balaban J connectivity index is 1.66. The number of primary amides is 1. The predicted octanol–water partition coefficient (Wildman–Crippen LogP) is 2.35. The molecule has 1 aliphatic heterocycles. The number of carbonyl (C=O) groups excluding carboxylic acids is 2. The van der Waals surface area contributed by atoms with Gasteiger partial charge in [-0.05, 0) is 44.1 Å². The van der Waals surface area contributed by atoms with Gasteiger partial charge in [-0.15, -0.1) is 0 Å². The fraction of sp³-hybridized carbons (Fsp3) is 0.556. The Morgan fingerprint density at radius 2 is 1.91 bits per heavy atom. The van der Waals surface area contributed by atoms with Gasteiger partial charge in [0.1, 0.15) is 0 Å². The van der Waals surface area contributed by atoms with Crippen molar-refractivity contribution in [2.75, 3.05) is 13.1 Å². The van der Waals surface area contributed by atoms with Crippen molar-refractivity contribution < 1.29 is 9.59 Å². The molecule has 1 saturated heterocycles. The number of likely N-dealkylation sites (tertiary alicyclic amines) is 1. The van der Waals surface area contributed by atoms with E-state index in [0.29, 0.717) is 19.0 Å². The molecule has 0 unspecified atom stereocenters. The Morgan fingerprint density at radius 3 is 2.52 bits per heavy atom. The zero-order valence-electron chi connectivity index (χ0n) is 13.6. The molecule has 1 saturated carbocycles. The molecule has 0 aromatic heterocycles. The lowest BCUT2D eigenvalue weighted by Gasteiger charge is -2.32. The van der Waals surface area contributed by atoms with E-state index in [1.807, 2.05) is 0 Å². The van der Waals surface area contributed by atoms with Crippen LogP contribution in [0.25, 0.3) is 0 Å². The lowest BCUT2D eigenvalue weighted by atomic mass is 9.95. The molecular formula is C18H25N3O2. The minimum atomic E-state index is -0.431. The van der Waals surface area contributed by atoms with Crippen molar-refractivity contribution in [1.29, 1.82) is 0 Å². The second kappa shape index (κ2) is 6.60. The van der Waals surface area contributed by atoms with Crippen molar-refractivity contribution in [2.45, 2.75) is 38.6 Å². The van der Waals surface area contributed by atoms with Crippen molar-refractivity contribution in [1.82, 2.24) is 10.2 Å². The average Bonchev–Trinajstić information content (AvgIpc) is 3.38. The molecule has 2 atom stereocenters. The Kier molecular flexibility index (Phi) is 4.55. The number of carbonyl (C=O) groups is 2. The summed E-state index contributed by atoms with van der Waals surface area (Å²) in [6, 6.07) is 8.05. The summed E-state index contributed by atoms with van der Waals surface area (Å²) in [5, 5.41) is 3.23. The number of amides is 3. The van der Waals surface area contributed by atoms with E-state index >= 15 is 0 Å². The zero-order valence-corrected chi connectivity index (χ0v) is 13.6. The molecule has 5 nitrogen and oxygen atoms in total. The number of urea groups is 1. The van der Waals surface area contributed by atoms with Crippen LogP contribution in [0, 0.1) is 18.8 Å². The summed E-state index contributed by atoms with van der Waals surface area (Å²) in [6.45, 7) is 3.16. The number of nitrogens with one attached hydrogen (secondary N) is 1. The lowest BCUT2D eigenvalue weighted by Crippen LogP contribution is -2.48. The summed E-state index contributed by atoms with van der Waals surface area (Å²) in [4.78, 5) is 25.6. The molecule has 23 heavy (non-hydrogen) atoms. The highest BCUT2D eigenvalue weighted by molar-refractivity contribution is 5.81. The smallest absolute Gasteiger partial charge is 0.314 e. The van der Waals surface area contributed by atoms with Gasteiger partial charge in [0, 0.05) is 13.1 Å². The van der Waals surface area contributed by atoms with Crippen LogP contribution in [0.1, 0.15) is 42.9 Å². The summed E-state index contributed by atoms with van der Waals surface area (Å²) >= 11 is 0. The molecular weight excluding hydrogens is 290 g/mol.